The molecule has 27 heavy (non-hydrogen) atoms. The molecular formula is C21H23N3O3. The van der Waals surface area contributed by atoms with Crippen molar-refractivity contribution in [2.24, 2.45) is 10.2 Å². The van der Waals surface area contributed by atoms with Crippen LogP contribution >= 0.6 is 0 Å². The molecule has 0 spiro atoms. The van der Waals surface area contributed by atoms with Crippen LogP contribution in [0.3, 0.4) is 0 Å². The van der Waals surface area contributed by atoms with Crippen molar-refractivity contribution < 1.29 is 14.6 Å². The number of benzene rings is 2. The van der Waals surface area contributed by atoms with Gasteiger partial charge in [0.25, 0.3) is 0 Å². The number of carbonyl (C=O) groups excluding carboxylic acids is 1. The Morgan fingerprint density at radius 3 is 2.63 bits per heavy atom. The number of carbonyl (C=O) groups is 1. The summed E-state index contributed by atoms with van der Waals surface area (Å²) >= 11 is 0. The van der Waals surface area contributed by atoms with E-state index in [1.54, 1.807) is 0 Å². The van der Waals surface area contributed by atoms with Gasteiger partial charge in [0.15, 0.2) is 12.3 Å². The van der Waals surface area contributed by atoms with Crippen LogP contribution in [0, 0.1) is 13.8 Å². The van der Waals surface area contributed by atoms with Crippen LogP contribution in [0.4, 0.5) is 5.69 Å². The van der Waals surface area contributed by atoms with Gasteiger partial charge in [-0.2, -0.15) is 0 Å². The molecule has 3 rings (SSSR count). The Labute approximate surface area is 157 Å². The third-order valence-electron chi connectivity index (χ3n) is 4.55. The molecule has 0 saturated carbocycles. The molecule has 2 N–H and O–H groups in total. The van der Waals surface area contributed by atoms with E-state index >= 15 is 0 Å². The second-order valence-electron chi connectivity index (χ2n) is 6.91. The first kappa shape index (κ1) is 18.6. The monoisotopic (exact) mass is 365 g/mol. The SMILES string of the molecule is Cc1ccc(OCC(=O)N=Nc2c(O)[nH]c3ccc(C(C)C)cc23)cc1C. The molecule has 1 amide bonds. The fraction of sp³-hybridized carbons (Fsp3) is 0.286. The topological polar surface area (TPSA) is 87.0 Å². The number of hydrogen-bond donors (Lipinski definition) is 2. The first-order chi connectivity index (χ1) is 12.8. The second kappa shape index (κ2) is 7.61. The van der Waals surface area contributed by atoms with Gasteiger partial charge in [0, 0.05) is 5.39 Å². The van der Waals surface area contributed by atoms with Crippen molar-refractivity contribution in [3.8, 4) is 11.6 Å². The van der Waals surface area contributed by atoms with Gasteiger partial charge in [-0.15, -0.1) is 10.2 Å². The van der Waals surface area contributed by atoms with Crippen molar-refractivity contribution in [2.75, 3.05) is 6.61 Å². The standard InChI is InChI=1S/C21H23N3O3/c1-12(2)15-6-8-18-17(10-15)20(21(26)22-18)24-23-19(25)11-27-16-7-5-13(3)14(4)9-16/h5-10,12,22,26H,11H2,1-4H3. The highest BCUT2D eigenvalue weighted by atomic mass is 16.5. The zero-order valence-corrected chi connectivity index (χ0v) is 15.9. The highest BCUT2D eigenvalue weighted by molar-refractivity contribution is 5.95. The number of aryl methyl sites for hydroxylation is 2. The maximum atomic E-state index is 12.0. The average molecular weight is 365 g/mol. The number of aromatic nitrogens is 1. The summed E-state index contributed by atoms with van der Waals surface area (Å²) in [5.41, 5.74) is 4.36. The van der Waals surface area contributed by atoms with Gasteiger partial charge in [-0.25, -0.2) is 0 Å². The second-order valence-corrected chi connectivity index (χ2v) is 6.91. The van der Waals surface area contributed by atoms with Gasteiger partial charge in [0.05, 0.1) is 5.52 Å². The lowest BCUT2D eigenvalue weighted by atomic mass is 10.0. The lowest BCUT2D eigenvalue weighted by Crippen LogP contribution is -2.08. The molecule has 0 atom stereocenters. The number of rotatable bonds is 5. The average Bonchev–Trinajstić information content (AvgIpc) is 2.95. The van der Waals surface area contributed by atoms with Crippen LogP contribution in [0.25, 0.3) is 10.9 Å². The molecule has 1 aromatic heterocycles. The first-order valence-corrected chi connectivity index (χ1v) is 8.84. The van der Waals surface area contributed by atoms with Crippen molar-refractivity contribution >= 4 is 22.5 Å². The van der Waals surface area contributed by atoms with Crippen LogP contribution in [0.1, 0.15) is 36.5 Å². The molecule has 0 radical (unpaired) electrons. The van der Waals surface area contributed by atoms with Crippen LogP contribution in [0.15, 0.2) is 46.6 Å². The van der Waals surface area contributed by atoms with E-state index in [-0.39, 0.29) is 18.2 Å². The molecule has 1 heterocycles. The normalized spacial score (nSPS) is 11.6. The van der Waals surface area contributed by atoms with Gasteiger partial charge < -0.3 is 14.8 Å². The quantitative estimate of drug-likeness (QED) is 0.601. The van der Waals surface area contributed by atoms with E-state index in [0.29, 0.717) is 11.7 Å². The largest absolute Gasteiger partial charge is 0.493 e. The number of nitrogens with zero attached hydrogens (tertiary/aromatic N) is 2. The molecule has 0 saturated heterocycles. The van der Waals surface area contributed by atoms with Crippen LogP contribution < -0.4 is 4.74 Å². The van der Waals surface area contributed by atoms with Crippen molar-refractivity contribution in [3.05, 3.63) is 53.1 Å². The molecule has 6 nitrogen and oxygen atoms in total. The van der Waals surface area contributed by atoms with E-state index in [1.165, 1.54) is 0 Å². The molecular weight excluding hydrogens is 342 g/mol. The van der Waals surface area contributed by atoms with Crippen molar-refractivity contribution in [1.82, 2.24) is 4.98 Å². The van der Waals surface area contributed by atoms with Crippen molar-refractivity contribution in [2.45, 2.75) is 33.6 Å². The number of H-pyrrole nitrogens is 1. The van der Waals surface area contributed by atoms with E-state index in [4.69, 9.17) is 4.74 Å². The molecule has 0 aliphatic heterocycles. The van der Waals surface area contributed by atoms with Gasteiger partial charge in [-0.3, -0.25) is 4.79 Å². The van der Waals surface area contributed by atoms with Crippen LogP contribution in [-0.4, -0.2) is 22.6 Å². The fourth-order valence-electron chi connectivity index (χ4n) is 2.72. The van der Waals surface area contributed by atoms with E-state index in [9.17, 15) is 9.90 Å². The van der Waals surface area contributed by atoms with Crippen LogP contribution in [0.2, 0.25) is 0 Å². The molecule has 3 aromatic rings. The van der Waals surface area contributed by atoms with E-state index in [1.807, 2.05) is 50.2 Å². The van der Waals surface area contributed by atoms with Crippen molar-refractivity contribution in [3.63, 3.8) is 0 Å². The summed E-state index contributed by atoms with van der Waals surface area (Å²) < 4.78 is 5.47. The third kappa shape index (κ3) is 4.16. The highest BCUT2D eigenvalue weighted by Gasteiger charge is 2.13. The third-order valence-corrected chi connectivity index (χ3v) is 4.55. The number of hydrogen-bond acceptors (Lipinski definition) is 4. The maximum Gasteiger partial charge on any atom is 0.302 e. The van der Waals surface area contributed by atoms with Gasteiger partial charge in [-0.1, -0.05) is 26.0 Å². The van der Waals surface area contributed by atoms with Gasteiger partial charge in [0.1, 0.15) is 5.75 Å². The Morgan fingerprint density at radius 1 is 1.15 bits per heavy atom. The fourth-order valence-corrected chi connectivity index (χ4v) is 2.72. The molecule has 0 aliphatic carbocycles. The molecule has 2 aromatic carbocycles. The van der Waals surface area contributed by atoms with Gasteiger partial charge >= 0.3 is 5.91 Å². The molecule has 0 fully saturated rings. The van der Waals surface area contributed by atoms with Gasteiger partial charge in [0.2, 0.25) is 5.88 Å². The summed E-state index contributed by atoms with van der Waals surface area (Å²) in [7, 11) is 0. The van der Waals surface area contributed by atoms with Crippen LogP contribution in [0.5, 0.6) is 11.6 Å². The lowest BCUT2D eigenvalue weighted by Gasteiger charge is -2.06. The summed E-state index contributed by atoms with van der Waals surface area (Å²) in [6.07, 6.45) is 0. The number of nitrogens with one attached hydrogen (secondary N) is 1. The maximum absolute atomic E-state index is 12.0. The van der Waals surface area contributed by atoms with Crippen LogP contribution in [-0.2, 0) is 4.79 Å². The Hall–Kier alpha value is -3.15. The Balaban J connectivity index is 1.74. The van der Waals surface area contributed by atoms with E-state index < -0.39 is 5.91 Å². The molecule has 0 aliphatic rings. The lowest BCUT2D eigenvalue weighted by molar-refractivity contribution is -0.120. The molecule has 6 heteroatoms. The van der Waals surface area contributed by atoms with Gasteiger partial charge in [-0.05, 0) is 60.7 Å². The Bertz CT molecular complexity index is 1020. The molecule has 140 valence electrons. The number of ether oxygens (including phenoxy) is 1. The summed E-state index contributed by atoms with van der Waals surface area (Å²) in [6, 6.07) is 11.4. The number of azo groups is 1. The Morgan fingerprint density at radius 2 is 1.93 bits per heavy atom. The molecule has 0 bridgehead atoms. The minimum atomic E-state index is -0.526. The smallest absolute Gasteiger partial charge is 0.302 e. The minimum absolute atomic E-state index is 0.113. The predicted octanol–water partition coefficient (Wildman–Crippen LogP) is 5.30. The van der Waals surface area contributed by atoms with E-state index in [0.717, 1.165) is 27.6 Å². The zero-order valence-electron chi connectivity index (χ0n) is 15.9. The number of amides is 1. The molecule has 0 unspecified atom stereocenters. The highest BCUT2D eigenvalue weighted by Crippen LogP contribution is 2.36. The van der Waals surface area contributed by atoms with Crippen molar-refractivity contribution in [1.29, 1.82) is 0 Å². The number of aromatic amines is 1. The Kier molecular flexibility index (Phi) is 5.26. The first-order valence-electron chi connectivity index (χ1n) is 8.84. The summed E-state index contributed by atoms with van der Waals surface area (Å²) in [4.78, 5) is 14.9. The predicted molar refractivity (Wildman–Crippen MR) is 105 cm³/mol. The summed E-state index contributed by atoms with van der Waals surface area (Å²) in [6.45, 7) is 7.95. The van der Waals surface area contributed by atoms with E-state index in [2.05, 4.69) is 29.1 Å². The summed E-state index contributed by atoms with van der Waals surface area (Å²) in [5.74, 6) is 0.307. The summed E-state index contributed by atoms with van der Waals surface area (Å²) in [5, 5.41) is 18.5. The minimum Gasteiger partial charge on any atom is -0.493 e. The number of fused-ring (bicyclic) bond motifs is 1. The number of aromatic hydroxyl groups is 1. The zero-order chi connectivity index (χ0) is 19.6.